The van der Waals surface area contributed by atoms with E-state index in [1.165, 1.54) is 0 Å². The Labute approximate surface area is 111 Å². The molecule has 0 aliphatic carbocycles. The largest absolute Gasteiger partial charge is 0.484 e. The van der Waals surface area contributed by atoms with E-state index < -0.39 is 11.9 Å². The molecule has 104 valence electrons. The number of hydrogen-bond acceptors (Lipinski definition) is 4. The van der Waals surface area contributed by atoms with Crippen LogP contribution in [0.4, 0.5) is 0 Å². The van der Waals surface area contributed by atoms with Crippen LogP contribution in [0.2, 0.25) is 0 Å². The molecular formula is C13H18N2O4. The van der Waals surface area contributed by atoms with Gasteiger partial charge in [-0.05, 0) is 30.7 Å². The maximum atomic E-state index is 10.5. The molecule has 1 rings (SSSR count). The summed E-state index contributed by atoms with van der Waals surface area (Å²) in [6.07, 6.45) is 0.780. The summed E-state index contributed by atoms with van der Waals surface area (Å²) in [6, 6.07) is 7.27. The Morgan fingerprint density at radius 2 is 1.95 bits per heavy atom. The zero-order valence-corrected chi connectivity index (χ0v) is 10.6. The van der Waals surface area contributed by atoms with E-state index in [4.69, 9.17) is 15.6 Å². The second-order valence-electron chi connectivity index (χ2n) is 4.07. The molecule has 1 aromatic rings. The molecule has 0 radical (unpaired) electrons. The van der Waals surface area contributed by atoms with Crippen LogP contribution >= 0.6 is 0 Å². The highest BCUT2D eigenvalue weighted by molar-refractivity contribution is 5.75. The van der Waals surface area contributed by atoms with Crippen LogP contribution in [-0.4, -0.2) is 30.1 Å². The Kier molecular flexibility index (Phi) is 6.38. The van der Waals surface area contributed by atoms with Crippen LogP contribution in [0.15, 0.2) is 24.3 Å². The van der Waals surface area contributed by atoms with Crippen molar-refractivity contribution in [1.29, 1.82) is 0 Å². The predicted octanol–water partition coefficient (Wildman–Crippen LogP) is 0.505. The fourth-order valence-electron chi connectivity index (χ4n) is 1.46. The highest BCUT2D eigenvalue weighted by atomic mass is 16.5. The van der Waals surface area contributed by atoms with Gasteiger partial charge in [0.05, 0.1) is 0 Å². The van der Waals surface area contributed by atoms with Gasteiger partial charge in [-0.2, -0.15) is 0 Å². The van der Waals surface area contributed by atoms with Gasteiger partial charge in [0.2, 0.25) is 0 Å². The van der Waals surface area contributed by atoms with Crippen LogP contribution < -0.4 is 15.8 Å². The Morgan fingerprint density at radius 3 is 2.53 bits per heavy atom. The summed E-state index contributed by atoms with van der Waals surface area (Å²) < 4.78 is 5.13. The lowest BCUT2D eigenvalue weighted by atomic mass is 10.2. The maximum absolute atomic E-state index is 10.5. The first-order valence-corrected chi connectivity index (χ1v) is 6.00. The fourth-order valence-corrected chi connectivity index (χ4v) is 1.46. The molecule has 0 unspecified atom stereocenters. The quantitative estimate of drug-likeness (QED) is 0.565. The van der Waals surface area contributed by atoms with Gasteiger partial charge in [-0.1, -0.05) is 12.1 Å². The zero-order valence-electron chi connectivity index (χ0n) is 10.6. The van der Waals surface area contributed by atoms with E-state index in [0.29, 0.717) is 25.3 Å². The second kappa shape index (κ2) is 8.10. The molecule has 6 heteroatoms. The van der Waals surface area contributed by atoms with Crippen molar-refractivity contribution in [2.45, 2.75) is 19.4 Å². The average Bonchev–Trinajstić information content (AvgIpc) is 2.37. The summed E-state index contributed by atoms with van der Waals surface area (Å²) in [5.41, 5.74) is 6.03. The van der Waals surface area contributed by atoms with E-state index in [9.17, 15) is 9.59 Å². The van der Waals surface area contributed by atoms with Crippen LogP contribution in [0.5, 0.6) is 5.75 Å². The van der Waals surface area contributed by atoms with Gasteiger partial charge in [-0.25, -0.2) is 0 Å². The van der Waals surface area contributed by atoms with E-state index in [0.717, 1.165) is 5.56 Å². The number of carbonyl (C=O) groups excluding carboxylic acids is 1. The number of carbonyl (C=O) groups is 2. The third-order valence-electron chi connectivity index (χ3n) is 2.38. The van der Waals surface area contributed by atoms with Gasteiger partial charge in [-0.15, -0.1) is 0 Å². The van der Waals surface area contributed by atoms with Crippen molar-refractivity contribution >= 4 is 11.9 Å². The maximum Gasteiger partial charge on any atom is 0.303 e. The molecule has 0 heterocycles. The molecular weight excluding hydrogens is 248 g/mol. The SMILES string of the molecule is NC(=O)COc1ccc(CNCCCC(=O)O)cc1. The number of hydrogen-bond donors (Lipinski definition) is 3. The molecule has 1 aromatic carbocycles. The molecule has 0 aromatic heterocycles. The zero-order chi connectivity index (χ0) is 14.1. The molecule has 0 saturated heterocycles. The number of aliphatic carboxylic acids is 1. The highest BCUT2D eigenvalue weighted by Crippen LogP contribution is 2.11. The molecule has 0 saturated carbocycles. The van der Waals surface area contributed by atoms with E-state index in [1.54, 1.807) is 12.1 Å². The Morgan fingerprint density at radius 1 is 1.26 bits per heavy atom. The Hall–Kier alpha value is -2.08. The first kappa shape index (κ1) is 15.0. The molecule has 19 heavy (non-hydrogen) atoms. The Bertz CT molecular complexity index is 417. The van der Waals surface area contributed by atoms with Crippen molar-refractivity contribution in [3.05, 3.63) is 29.8 Å². The van der Waals surface area contributed by atoms with Gasteiger partial charge >= 0.3 is 5.97 Å². The summed E-state index contributed by atoms with van der Waals surface area (Å²) in [7, 11) is 0. The van der Waals surface area contributed by atoms with Gasteiger partial charge < -0.3 is 20.9 Å². The van der Waals surface area contributed by atoms with Crippen LogP contribution in [0.3, 0.4) is 0 Å². The fraction of sp³-hybridized carbons (Fsp3) is 0.385. The van der Waals surface area contributed by atoms with Gasteiger partial charge in [0.15, 0.2) is 6.61 Å². The number of ether oxygens (including phenoxy) is 1. The van der Waals surface area contributed by atoms with Crippen LogP contribution in [0.1, 0.15) is 18.4 Å². The molecule has 0 fully saturated rings. The van der Waals surface area contributed by atoms with Crippen molar-refractivity contribution in [2.75, 3.05) is 13.2 Å². The van der Waals surface area contributed by atoms with Crippen molar-refractivity contribution in [1.82, 2.24) is 5.32 Å². The summed E-state index contributed by atoms with van der Waals surface area (Å²) in [4.78, 5) is 20.8. The second-order valence-corrected chi connectivity index (χ2v) is 4.07. The number of carboxylic acid groups (broad SMARTS) is 1. The number of nitrogens with two attached hydrogens (primary N) is 1. The van der Waals surface area contributed by atoms with E-state index in [-0.39, 0.29) is 13.0 Å². The topological polar surface area (TPSA) is 102 Å². The average molecular weight is 266 g/mol. The van der Waals surface area contributed by atoms with Crippen molar-refractivity contribution in [3.8, 4) is 5.75 Å². The number of amides is 1. The Balaban J connectivity index is 2.24. The smallest absolute Gasteiger partial charge is 0.303 e. The molecule has 1 amide bonds. The van der Waals surface area contributed by atoms with Gasteiger partial charge in [-0.3, -0.25) is 9.59 Å². The third-order valence-corrected chi connectivity index (χ3v) is 2.38. The number of rotatable bonds is 9. The third kappa shape index (κ3) is 7.05. The number of carboxylic acids is 1. The van der Waals surface area contributed by atoms with Gasteiger partial charge in [0.1, 0.15) is 5.75 Å². The van der Waals surface area contributed by atoms with Crippen LogP contribution in [0, 0.1) is 0 Å². The van der Waals surface area contributed by atoms with Crippen molar-refractivity contribution in [3.63, 3.8) is 0 Å². The summed E-state index contributed by atoms with van der Waals surface area (Å²) in [6.45, 7) is 1.19. The highest BCUT2D eigenvalue weighted by Gasteiger charge is 1.99. The van der Waals surface area contributed by atoms with Gasteiger partial charge in [0.25, 0.3) is 5.91 Å². The monoisotopic (exact) mass is 266 g/mol. The molecule has 0 aliphatic heterocycles. The molecule has 0 aliphatic rings. The van der Waals surface area contributed by atoms with Crippen LogP contribution in [0.25, 0.3) is 0 Å². The summed E-state index contributed by atoms with van der Waals surface area (Å²) in [5.74, 6) is -0.699. The molecule has 0 spiro atoms. The first-order chi connectivity index (χ1) is 9.08. The van der Waals surface area contributed by atoms with Crippen molar-refractivity contribution < 1.29 is 19.4 Å². The lowest BCUT2D eigenvalue weighted by molar-refractivity contribution is -0.137. The molecule has 0 atom stereocenters. The standard InChI is InChI=1S/C13H18N2O4/c14-12(16)9-19-11-5-3-10(4-6-11)8-15-7-1-2-13(17)18/h3-6,15H,1-2,7-9H2,(H2,14,16)(H,17,18). The minimum absolute atomic E-state index is 0.132. The summed E-state index contributed by atoms with van der Waals surface area (Å²) in [5, 5.41) is 11.6. The lowest BCUT2D eigenvalue weighted by Gasteiger charge is -2.06. The number of nitrogens with one attached hydrogen (secondary N) is 1. The van der Waals surface area contributed by atoms with Crippen LogP contribution in [-0.2, 0) is 16.1 Å². The predicted molar refractivity (Wildman–Crippen MR) is 69.7 cm³/mol. The van der Waals surface area contributed by atoms with E-state index in [2.05, 4.69) is 5.32 Å². The normalized spacial score (nSPS) is 10.1. The van der Waals surface area contributed by atoms with Crippen molar-refractivity contribution in [2.24, 2.45) is 5.73 Å². The first-order valence-electron chi connectivity index (χ1n) is 6.00. The van der Waals surface area contributed by atoms with E-state index in [1.807, 2.05) is 12.1 Å². The minimum Gasteiger partial charge on any atom is -0.484 e. The summed E-state index contributed by atoms with van der Waals surface area (Å²) >= 11 is 0. The molecule has 0 bridgehead atoms. The van der Waals surface area contributed by atoms with E-state index >= 15 is 0 Å². The number of benzene rings is 1. The molecule has 6 nitrogen and oxygen atoms in total. The van der Waals surface area contributed by atoms with Gasteiger partial charge in [0, 0.05) is 13.0 Å². The number of primary amides is 1. The molecule has 4 N–H and O–H groups in total. The lowest BCUT2D eigenvalue weighted by Crippen LogP contribution is -2.20. The minimum atomic E-state index is -0.780.